The van der Waals surface area contributed by atoms with Crippen molar-refractivity contribution >= 4 is 0 Å². The Bertz CT molecular complexity index is 541. The Labute approximate surface area is 106 Å². The van der Waals surface area contributed by atoms with Crippen LogP contribution in [-0.2, 0) is 6.54 Å². The maximum Gasteiger partial charge on any atom is 0.130 e. The van der Waals surface area contributed by atoms with Crippen LogP contribution in [0.15, 0.2) is 36.7 Å². The van der Waals surface area contributed by atoms with Gasteiger partial charge in [-0.3, -0.25) is 4.98 Å². The van der Waals surface area contributed by atoms with Crippen LogP contribution in [0.25, 0.3) is 11.1 Å². The number of nitrogens with zero attached hydrogens (tertiary/aromatic N) is 1. The number of aromatic nitrogens is 1. The number of hydrogen-bond acceptors (Lipinski definition) is 4. The molecule has 0 aliphatic carbocycles. The van der Waals surface area contributed by atoms with Gasteiger partial charge in [0.15, 0.2) is 0 Å². The van der Waals surface area contributed by atoms with Gasteiger partial charge in [-0.2, -0.15) is 0 Å². The zero-order valence-corrected chi connectivity index (χ0v) is 10.5. The molecule has 18 heavy (non-hydrogen) atoms. The lowest BCUT2D eigenvalue weighted by atomic mass is 10.0. The second kappa shape index (κ2) is 5.51. The highest BCUT2D eigenvalue weighted by atomic mass is 16.5. The van der Waals surface area contributed by atoms with Crippen LogP contribution < -0.4 is 15.2 Å². The molecule has 0 unspecified atom stereocenters. The van der Waals surface area contributed by atoms with Gasteiger partial charge in [0, 0.05) is 36.1 Å². The maximum absolute atomic E-state index is 5.62. The summed E-state index contributed by atoms with van der Waals surface area (Å²) in [5.74, 6) is 1.52. The fraction of sp³-hybridized carbons (Fsp3) is 0.214. The molecule has 0 amide bonds. The van der Waals surface area contributed by atoms with Gasteiger partial charge in [0.25, 0.3) is 0 Å². The Morgan fingerprint density at radius 2 is 1.94 bits per heavy atom. The Morgan fingerprint density at radius 3 is 2.61 bits per heavy atom. The third-order valence-corrected chi connectivity index (χ3v) is 2.75. The minimum absolute atomic E-state index is 0.472. The fourth-order valence-corrected chi connectivity index (χ4v) is 1.78. The van der Waals surface area contributed by atoms with Crippen molar-refractivity contribution in [2.24, 2.45) is 5.73 Å². The third-order valence-electron chi connectivity index (χ3n) is 2.75. The van der Waals surface area contributed by atoms with Gasteiger partial charge in [-0.15, -0.1) is 0 Å². The van der Waals surface area contributed by atoms with Crippen LogP contribution in [0.5, 0.6) is 11.5 Å². The average Bonchev–Trinajstić information content (AvgIpc) is 2.46. The lowest BCUT2D eigenvalue weighted by Gasteiger charge is -2.11. The summed E-state index contributed by atoms with van der Waals surface area (Å²) in [7, 11) is 3.27. The summed E-state index contributed by atoms with van der Waals surface area (Å²) in [6.07, 6.45) is 3.56. The van der Waals surface area contributed by atoms with Crippen LogP contribution in [0.4, 0.5) is 0 Å². The predicted molar refractivity (Wildman–Crippen MR) is 70.7 cm³/mol. The lowest BCUT2D eigenvalue weighted by molar-refractivity contribution is 0.395. The summed E-state index contributed by atoms with van der Waals surface area (Å²) < 4.78 is 10.6. The van der Waals surface area contributed by atoms with Crippen molar-refractivity contribution in [3.8, 4) is 22.6 Å². The summed E-state index contributed by atoms with van der Waals surface area (Å²) in [5.41, 5.74) is 8.57. The monoisotopic (exact) mass is 244 g/mol. The van der Waals surface area contributed by atoms with Crippen molar-refractivity contribution in [1.29, 1.82) is 0 Å². The molecule has 1 aromatic carbocycles. The molecule has 4 heteroatoms. The summed E-state index contributed by atoms with van der Waals surface area (Å²) in [6.45, 7) is 0.472. The smallest absolute Gasteiger partial charge is 0.130 e. The standard InChI is InChI=1S/C14H16N2O2/c1-17-12-3-4-13(14(6-12)18-2)11-5-10(7-15)8-16-9-11/h3-6,8-9H,7,15H2,1-2H3. The zero-order valence-electron chi connectivity index (χ0n) is 10.5. The van der Waals surface area contributed by atoms with Crippen LogP contribution >= 0.6 is 0 Å². The van der Waals surface area contributed by atoms with Crippen molar-refractivity contribution in [2.45, 2.75) is 6.54 Å². The van der Waals surface area contributed by atoms with E-state index in [1.54, 1.807) is 26.6 Å². The minimum atomic E-state index is 0.472. The van der Waals surface area contributed by atoms with E-state index in [0.29, 0.717) is 6.54 Å². The molecule has 1 aromatic heterocycles. The number of hydrogen-bond donors (Lipinski definition) is 1. The topological polar surface area (TPSA) is 57.4 Å². The SMILES string of the molecule is COc1ccc(-c2cncc(CN)c2)c(OC)c1. The van der Waals surface area contributed by atoms with Crippen LogP contribution in [0, 0.1) is 0 Å². The van der Waals surface area contributed by atoms with Gasteiger partial charge < -0.3 is 15.2 Å². The van der Waals surface area contributed by atoms with Crippen molar-refractivity contribution < 1.29 is 9.47 Å². The first kappa shape index (κ1) is 12.4. The molecule has 0 aliphatic rings. The molecule has 0 saturated heterocycles. The Hall–Kier alpha value is -2.07. The van der Waals surface area contributed by atoms with E-state index in [-0.39, 0.29) is 0 Å². The molecular formula is C14H16N2O2. The van der Waals surface area contributed by atoms with E-state index in [1.807, 2.05) is 24.3 Å². The highest BCUT2D eigenvalue weighted by molar-refractivity contribution is 5.71. The molecule has 0 atom stereocenters. The van der Waals surface area contributed by atoms with Gasteiger partial charge in [0.05, 0.1) is 14.2 Å². The molecular weight excluding hydrogens is 228 g/mol. The zero-order chi connectivity index (χ0) is 13.0. The molecule has 0 fully saturated rings. The van der Waals surface area contributed by atoms with E-state index >= 15 is 0 Å². The normalized spacial score (nSPS) is 10.2. The van der Waals surface area contributed by atoms with E-state index in [0.717, 1.165) is 28.2 Å². The van der Waals surface area contributed by atoms with Crippen LogP contribution in [-0.4, -0.2) is 19.2 Å². The third kappa shape index (κ3) is 2.43. The highest BCUT2D eigenvalue weighted by Crippen LogP contribution is 2.33. The molecule has 94 valence electrons. The summed E-state index contributed by atoms with van der Waals surface area (Å²) in [4.78, 5) is 4.18. The number of pyridine rings is 1. The molecule has 2 rings (SSSR count). The number of benzene rings is 1. The number of methoxy groups -OCH3 is 2. The quantitative estimate of drug-likeness (QED) is 0.896. The van der Waals surface area contributed by atoms with Gasteiger partial charge >= 0.3 is 0 Å². The molecule has 0 saturated carbocycles. The first-order valence-electron chi connectivity index (χ1n) is 5.65. The van der Waals surface area contributed by atoms with Gasteiger partial charge in [0.1, 0.15) is 11.5 Å². The molecule has 1 heterocycles. The van der Waals surface area contributed by atoms with Gasteiger partial charge in [-0.1, -0.05) is 0 Å². The number of rotatable bonds is 4. The lowest BCUT2D eigenvalue weighted by Crippen LogP contribution is -1.97. The molecule has 2 N–H and O–H groups in total. The van der Waals surface area contributed by atoms with Gasteiger partial charge in [0.2, 0.25) is 0 Å². The van der Waals surface area contributed by atoms with Crippen LogP contribution in [0.3, 0.4) is 0 Å². The van der Waals surface area contributed by atoms with Crippen LogP contribution in [0.1, 0.15) is 5.56 Å². The van der Waals surface area contributed by atoms with Crippen molar-refractivity contribution in [3.05, 3.63) is 42.2 Å². The summed E-state index contributed by atoms with van der Waals surface area (Å²) in [6, 6.07) is 7.71. The maximum atomic E-state index is 5.62. The van der Waals surface area contributed by atoms with E-state index < -0.39 is 0 Å². The predicted octanol–water partition coefficient (Wildman–Crippen LogP) is 2.22. The molecule has 0 spiro atoms. The number of ether oxygens (including phenoxy) is 2. The van der Waals surface area contributed by atoms with Crippen molar-refractivity contribution in [3.63, 3.8) is 0 Å². The second-order valence-electron chi connectivity index (χ2n) is 3.85. The van der Waals surface area contributed by atoms with E-state index in [4.69, 9.17) is 15.2 Å². The number of nitrogens with two attached hydrogens (primary N) is 1. The minimum Gasteiger partial charge on any atom is -0.497 e. The molecule has 0 aliphatic heterocycles. The average molecular weight is 244 g/mol. The first-order valence-corrected chi connectivity index (χ1v) is 5.65. The van der Waals surface area contributed by atoms with E-state index in [1.165, 1.54) is 0 Å². The Kier molecular flexibility index (Phi) is 3.79. The van der Waals surface area contributed by atoms with Crippen LogP contribution in [0.2, 0.25) is 0 Å². The second-order valence-corrected chi connectivity index (χ2v) is 3.85. The van der Waals surface area contributed by atoms with Gasteiger partial charge in [-0.05, 0) is 23.8 Å². The molecule has 0 radical (unpaired) electrons. The van der Waals surface area contributed by atoms with E-state index in [2.05, 4.69) is 4.98 Å². The largest absolute Gasteiger partial charge is 0.497 e. The fourth-order valence-electron chi connectivity index (χ4n) is 1.78. The molecule has 2 aromatic rings. The van der Waals surface area contributed by atoms with Gasteiger partial charge in [-0.25, -0.2) is 0 Å². The molecule has 4 nitrogen and oxygen atoms in total. The summed E-state index contributed by atoms with van der Waals surface area (Å²) >= 11 is 0. The Morgan fingerprint density at radius 1 is 1.11 bits per heavy atom. The summed E-state index contributed by atoms with van der Waals surface area (Å²) in [5, 5.41) is 0. The van der Waals surface area contributed by atoms with Crippen molar-refractivity contribution in [1.82, 2.24) is 4.98 Å². The molecule has 0 bridgehead atoms. The van der Waals surface area contributed by atoms with E-state index in [9.17, 15) is 0 Å². The first-order chi connectivity index (χ1) is 8.78. The Balaban J connectivity index is 2.48. The highest BCUT2D eigenvalue weighted by Gasteiger charge is 2.08. The van der Waals surface area contributed by atoms with Crippen molar-refractivity contribution in [2.75, 3.05) is 14.2 Å².